The van der Waals surface area contributed by atoms with Crippen molar-refractivity contribution in [3.63, 3.8) is 0 Å². The standard InChI is InChI=1S/C21H18N2/c1-16-8-7-9-17(14-16)15-19-21(18-10-3-2-4-11-18)22-20-12-5-6-13-23(19)20/h2-14H,15H2,1H3. The largest absolute Gasteiger partial charge is 0.303 e. The highest BCUT2D eigenvalue weighted by Crippen LogP contribution is 2.26. The quantitative estimate of drug-likeness (QED) is 0.526. The fourth-order valence-electron chi connectivity index (χ4n) is 3.06. The van der Waals surface area contributed by atoms with E-state index in [0.29, 0.717) is 0 Å². The molecule has 4 rings (SSSR count). The number of aromatic nitrogens is 2. The number of nitrogens with zero attached hydrogens (tertiary/aromatic N) is 2. The minimum absolute atomic E-state index is 0.872. The lowest BCUT2D eigenvalue weighted by molar-refractivity contribution is 1.03. The van der Waals surface area contributed by atoms with Crippen molar-refractivity contribution < 1.29 is 0 Å². The zero-order valence-electron chi connectivity index (χ0n) is 13.1. The van der Waals surface area contributed by atoms with Gasteiger partial charge in [0.2, 0.25) is 0 Å². The van der Waals surface area contributed by atoms with Crippen LogP contribution in [0, 0.1) is 6.92 Å². The topological polar surface area (TPSA) is 17.3 Å². The predicted molar refractivity (Wildman–Crippen MR) is 94.6 cm³/mol. The third kappa shape index (κ3) is 2.64. The van der Waals surface area contributed by atoms with Crippen LogP contribution in [0.1, 0.15) is 16.8 Å². The fraction of sp³-hybridized carbons (Fsp3) is 0.0952. The lowest BCUT2D eigenvalue weighted by Crippen LogP contribution is -1.96. The molecular weight excluding hydrogens is 280 g/mol. The molecule has 2 aromatic heterocycles. The Morgan fingerprint density at radius 1 is 0.870 bits per heavy atom. The van der Waals surface area contributed by atoms with Crippen LogP contribution in [-0.4, -0.2) is 9.38 Å². The first-order chi connectivity index (χ1) is 11.3. The molecule has 23 heavy (non-hydrogen) atoms. The molecule has 2 heterocycles. The third-order valence-electron chi connectivity index (χ3n) is 4.13. The number of aryl methyl sites for hydroxylation is 1. The highest BCUT2D eigenvalue weighted by molar-refractivity contribution is 5.67. The lowest BCUT2D eigenvalue weighted by Gasteiger charge is -2.06. The van der Waals surface area contributed by atoms with Gasteiger partial charge in [0, 0.05) is 18.2 Å². The number of fused-ring (bicyclic) bond motifs is 1. The number of rotatable bonds is 3. The van der Waals surface area contributed by atoms with Crippen LogP contribution in [0.25, 0.3) is 16.9 Å². The second-order valence-electron chi connectivity index (χ2n) is 5.87. The van der Waals surface area contributed by atoms with Crippen LogP contribution in [0.5, 0.6) is 0 Å². The summed E-state index contributed by atoms with van der Waals surface area (Å²) in [6.45, 7) is 2.14. The summed E-state index contributed by atoms with van der Waals surface area (Å²) >= 11 is 0. The molecule has 0 saturated carbocycles. The maximum atomic E-state index is 4.86. The van der Waals surface area contributed by atoms with Gasteiger partial charge in [-0.15, -0.1) is 0 Å². The first-order valence-electron chi connectivity index (χ1n) is 7.88. The summed E-state index contributed by atoms with van der Waals surface area (Å²) in [6, 6.07) is 25.3. The summed E-state index contributed by atoms with van der Waals surface area (Å²) in [6.07, 6.45) is 2.97. The first-order valence-corrected chi connectivity index (χ1v) is 7.88. The van der Waals surface area contributed by atoms with Crippen LogP contribution in [0.3, 0.4) is 0 Å². The molecule has 2 aromatic carbocycles. The minimum Gasteiger partial charge on any atom is -0.303 e. The average molecular weight is 298 g/mol. The number of benzene rings is 2. The van der Waals surface area contributed by atoms with Gasteiger partial charge in [0.05, 0.1) is 11.4 Å². The van der Waals surface area contributed by atoms with Gasteiger partial charge in [-0.05, 0) is 24.6 Å². The molecule has 0 unspecified atom stereocenters. The van der Waals surface area contributed by atoms with Crippen LogP contribution in [0.2, 0.25) is 0 Å². The Kier molecular flexibility index (Phi) is 3.43. The molecule has 0 fully saturated rings. The van der Waals surface area contributed by atoms with E-state index < -0.39 is 0 Å². The van der Waals surface area contributed by atoms with E-state index in [1.807, 2.05) is 12.1 Å². The maximum Gasteiger partial charge on any atom is 0.137 e. The number of imidazole rings is 1. The van der Waals surface area contributed by atoms with Gasteiger partial charge in [0.15, 0.2) is 0 Å². The molecule has 0 atom stereocenters. The number of pyridine rings is 1. The Morgan fingerprint density at radius 2 is 1.70 bits per heavy atom. The predicted octanol–water partition coefficient (Wildman–Crippen LogP) is 4.90. The van der Waals surface area contributed by atoms with E-state index in [-0.39, 0.29) is 0 Å². The molecule has 0 amide bonds. The van der Waals surface area contributed by atoms with Crippen molar-refractivity contribution in [1.82, 2.24) is 9.38 Å². The van der Waals surface area contributed by atoms with E-state index in [9.17, 15) is 0 Å². The van der Waals surface area contributed by atoms with E-state index in [1.54, 1.807) is 0 Å². The van der Waals surface area contributed by atoms with Crippen LogP contribution >= 0.6 is 0 Å². The van der Waals surface area contributed by atoms with Crippen molar-refractivity contribution in [2.75, 3.05) is 0 Å². The van der Waals surface area contributed by atoms with Gasteiger partial charge in [-0.3, -0.25) is 0 Å². The molecule has 4 aromatic rings. The van der Waals surface area contributed by atoms with Crippen molar-refractivity contribution in [2.45, 2.75) is 13.3 Å². The SMILES string of the molecule is Cc1cccc(Cc2c(-c3ccccc3)nc3ccccn23)c1. The maximum absolute atomic E-state index is 4.86. The summed E-state index contributed by atoms with van der Waals surface area (Å²) in [5.74, 6) is 0. The Balaban J connectivity index is 1.89. The zero-order chi connectivity index (χ0) is 15.6. The van der Waals surface area contributed by atoms with Crippen LogP contribution in [0.15, 0.2) is 79.0 Å². The first kappa shape index (κ1) is 13.8. The van der Waals surface area contributed by atoms with Gasteiger partial charge in [-0.2, -0.15) is 0 Å². The van der Waals surface area contributed by atoms with Crippen molar-refractivity contribution >= 4 is 5.65 Å². The molecular formula is C21H18N2. The van der Waals surface area contributed by atoms with Gasteiger partial charge in [0.25, 0.3) is 0 Å². The van der Waals surface area contributed by atoms with Gasteiger partial charge < -0.3 is 4.40 Å². The van der Waals surface area contributed by atoms with Crippen molar-refractivity contribution in [2.24, 2.45) is 0 Å². The second kappa shape index (κ2) is 5.73. The van der Waals surface area contributed by atoms with Gasteiger partial charge in [-0.25, -0.2) is 4.98 Å². The van der Waals surface area contributed by atoms with Gasteiger partial charge >= 0.3 is 0 Å². The molecule has 2 nitrogen and oxygen atoms in total. The average Bonchev–Trinajstić information content (AvgIpc) is 2.95. The van der Waals surface area contributed by atoms with E-state index in [0.717, 1.165) is 17.8 Å². The van der Waals surface area contributed by atoms with E-state index >= 15 is 0 Å². The Morgan fingerprint density at radius 3 is 2.52 bits per heavy atom. The minimum atomic E-state index is 0.872. The molecule has 0 bridgehead atoms. The van der Waals surface area contributed by atoms with Crippen molar-refractivity contribution in [3.8, 4) is 11.3 Å². The Hall–Kier alpha value is -2.87. The van der Waals surface area contributed by atoms with Crippen molar-refractivity contribution in [1.29, 1.82) is 0 Å². The van der Waals surface area contributed by atoms with E-state index in [2.05, 4.69) is 78.2 Å². The number of hydrogen-bond acceptors (Lipinski definition) is 1. The van der Waals surface area contributed by atoms with Gasteiger partial charge in [-0.1, -0.05) is 66.2 Å². The molecule has 0 saturated heterocycles. The summed E-state index contributed by atoms with van der Waals surface area (Å²) < 4.78 is 2.20. The van der Waals surface area contributed by atoms with E-state index in [1.165, 1.54) is 22.4 Å². The van der Waals surface area contributed by atoms with E-state index in [4.69, 9.17) is 4.98 Å². The highest BCUT2D eigenvalue weighted by atomic mass is 15.0. The molecule has 0 N–H and O–H groups in total. The normalized spacial score (nSPS) is 11.0. The molecule has 0 aliphatic rings. The molecule has 112 valence electrons. The summed E-state index contributed by atoms with van der Waals surface area (Å²) in [7, 11) is 0. The summed E-state index contributed by atoms with van der Waals surface area (Å²) in [5.41, 5.74) is 7.06. The lowest BCUT2D eigenvalue weighted by atomic mass is 10.0. The van der Waals surface area contributed by atoms with Crippen LogP contribution in [0.4, 0.5) is 0 Å². The summed E-state index contributed by atoms with van der Waals surface area (Å²) in [5, 5.41) is 0. The zero-order valence-corrected chi connectivity index (χ0v) is 13.1. The van der Waals surface area contributed by atoms with Gasteiger partial charge in [0.1, 0.15) is 5.65 Å². The number of hydrogen-bond donors (Lipinski definition) is 0. The molecule has 2 heteroatoms. The highest BCUT2D eigenvalue weighted by Gasteiger charge is 2.14. The Labute approximate surface area is 136 Å². The third-order valence-corrected chi connectivity index (χ3v) is 4.13. The monoisotopic (exact) mass is 298 g/mol. The molecule has 0 aliphatic carbocycles. The summed E-state index contributed by atoms with van der Waals surface area (Å²) in [4.78, 5) is 4.86. The smallest absolute Gasteiger partial charge is 0.137 e. The second-order valence-corrected chi connectivity index (χ2v) is 5.87. The van der Waals surface area contributed by atoms with Crippen LogP contribution in [-0.2, 0) is 6.42 Å². The molecule has 0 radical (unpaired) electrons. The van der Waals surface area contributed by atoms with Crippen molar-refractivity contribution in [3.05, 3.63) is 95.8 Å². The fourth-order valence-corrected chi connectivity index (χ4v) is 3.06. The molecule has 0 aliphatic heterocycles. The Bertz CT molecular complexity index is 952. The molecule has 0 spiro atoms. The van der Waals surface area contributed by atoms with Crippen LogP contribution < -0.4 is 0 Å².